The van der Waals surface area contributed by atoms with Crippen molar-refractivity contribution < 1.29 is 4.74 Å². The molecule has 3 heterocycles. The molecule has 2 aromatic heterocycles. The zero-order valence-electron chi connectivity index (χ0n) is 11.6. The molecule has 0 bridgehead atoms. The van der Waals surface area contributed by atoms with Crippen molar-refractivity contribution in [1.82, 2.24) is 9.97 Å². The van der Waals surface area contributed by atoms with Gasteiger partial charge in [0.25, 0.3) is 0 Å². The van der Waals surface area contributed by atoms with Gasteiger partial charge in [-0.15, -0.1) is 11.3 Å². The highest BCUT2D eigenvalue weighted by Gasteiger charge is 2.23. The summed E-state index contributed by atoms with van der Waals surface area (Å²) in [5.74, 6) is 0.969. The van der Waals surface area contributed by atoms with Crippen molar-refractivity contribution in [2.45, 2.75) is 26.1 Å². The summed E-state index contributed by atoms with van der Waals surface area (Å²) in [5, 5.41) is 2.51. The molecule has 0 unspecified atom stereocenters. The number of aromatic nitrogens is 2. The summed E-state index contributed by atoms with van der Waals surface area (Å²) in [4.78, 5) is 11.3. The monoisotopic (exact) mass is 290 g/mol. The van der Waals surface area contributed by atoms with Crippen molar-refractivity contribution in [2.75, 3.05) is 23.7 Å². The summed E-state index contributed by atoms with van der Waals surface area (Å²) in [7, 11) is 0. The minimum Gasteiger partial charge on any atom is -0.375 e. The van der Waals surface area contributed by atoms with Crippen molar-refractivity contribution in [3.8, 4) is 11.4 Å². The van der Waals surface area contributed by atoms with Crippen LogP contribution in [0.15, 0.2) is 23.6 Å². The molecule has 1 aliphatic heterocycles. The van der Waals surface area contributed by atoms with Gasteiger partial charge in [-0.25, -0.2) is 9.97 Å². The number of morpholine rings is 1. The number of hydrogen-bond donors (Lipinski definition) is 1. The average molecular weight is 290 g/mol. The third-order valence-corrected chi connectivity index (χ3v) is 3.94. The van der Waals surface area contributed by atoms with Crippen LogP contribution in [0, 0.1) is 0 Å². The minimum atomic E-state index is 0.221. The first kappa shape index (κ1) is 13.3. The molecule has 0 aliphatic carbocycles. The van der Waals surface area contributed by atoms with Gasteiger partial charge in [0, 0.05) is 18.5 Å². The van der Waals surface area contributed by atoms with Crippen LogP contribution in [0.4, 0.5) is 10.9 Å². The number of nitrogens with zero attached hydrogens (tertiary/aromatic N) is 3. The molecule has 3 rings (SSSR count). The molecule has 0 radical (unpaired) electrons. The second-order valence-corrected chi connectivity index (χ2v) is 6.00. The van der Waals surface area contributed by atoms with E-state index in [9.17, 15) is 0 Å². The highest BCUT2D eigenvalue weighted by Crippen LogP contribution is 2.25. The van der Waals surface area contributed by atoms with Crippen LogP contribution in [-0.4, -0.2) is 35.3 Å². The van der Waals surface area contributed by atoms with Gasteiger partial charge in [-0.3, -0.25) is 0 Å². The maximum atomic E-state index is 5.76. The van der Waals surface area contributed by atoms with Crippen LogP contribution < -0.4 is 10.6 Å². The van der Waals surface area contributed by atoms with E-state index in [4.69, 9.17) is 15.5 Å². The second kappa shape index (κ2) is 5.38. The molecule has 0 amide bonds. The zero-order valence-corrected chi connectivity index (χ0v) is 12.4. The normalized spacial score (nSPS) is 23.0. The summed E-state index contributed by atoms with van der Waals surface area (Å²) < 4.78 is 5.76. The third kappa shape index (κ3) is 2.76. The lowest BCUT2D eigenvalue weighted by molar-refractivity contribution is -0.00545. The Morgan fingerprint density at radius 2 is 1.95 bits per heavy atom. The number of anilines is 2. The van der Waals surface area contributed by atoms with E-state index in [0.29, 0.717) is 5.13 Å². The Labute approximate surface area is 122 Å². The zero-order chi connectivity index (χ0) is 14.1. The fourth-order valence-electron chi connectivity index (χ4n) is 2.51. The maximum Gasteiger partial charge on any atom is 0.180 e. The van der Waals surface area contributed by atoms with E-state index in [0.717, 1.165) is 30.3 Å². The van der Waals surface area contributed by atoms with Crippen LogP contribution >= 0.6 is 11.3 Å². The van der Waals surface area contributed by atoms with Crippen molar-refractivity contribution in [3.05, 3.63) is 23.6 Å². The summed E-state index contributed by atoms with van der Waals surface area (Å²) in [6, 6.07) is 6.01. The SMILES string of the molecule is C[C@@H]1CN(c2cccc(-c3csc(N)n3)n2)C[C@H](C)O1. The lowest BCUT2D eigenvalue weighted by Gasteiger charge is -2.36. The summed E-state index contributed by atoms with van der Waals surface area (Å²) in [6.07, 6.45) is 0.443. The Balaban J connectivity index is 1.87. The van der Waals surface area contributed by atoms with Crippen LogP contribution in [0.2, 0.25) is 0 Å². The molecule has 0 spiro atoms. The maximum absolute atomic E-state index is 5.76. The Hall–Kier alpha value is -1.66. The Bertz CT molecular complexity index is 590. The molecule has 6 heteroatoms. The molecule has 2 aromatic rings. The summed E-state index contributed by atoms with van der Waals surface area (Å²) >= 11 is 1.43. The predicted octanol–water partition coefficient (Wildman–Crippen LogP) is 2.40. The first-order valence-electron chi connectivity index (χ1n) is 6.70. The molecule has 0 aromatic carbocycles. The van der Waals surface area contributed by atoms with Gasteiger partial charge in [-0.1, -0.05) is 6.07 Å². The number of ether oxygens (including phenoxy) is 1. The smallest absolute Gasteiger partial charge is 0.180 e. The molecule has 2 atom stereocenters. The van der Waals surface area contributed by atoms with E-state index in [1.54, 1.807) is 0 Å². The fourth-order valence-corrected chi connectivity index (χ4v) is 3.07. The van der Waals surface area contributed by atoms with Gasteiger partial charge in [0.2, 0.25) is 0 Å². The van der Waals surface area contributed by atoms with Crippen LogP contribution in [0.5, 0.6) is 0 Å². The van der Waals surface area contributed by atoms with Gasteiger partial charge in [0.05, 0.1) is 17.9 Å². The highest BCUT2D eigenvalue weighted by molar-refractivity contribution is 7.13. The van der Waals surface area contributed by atoms with E-state index in [1.165, 1.54) is 11.3 Å². The largest absolute Gasteiger partial charge is 0.375 e. The van der Waals surface area contributed by atoms with E-state index in [2.05, 4.69) is 23.7 Å². The standard InChI is InChI=1S/C14H18N4OS/c1-9-6-18(7-10(2)19-9)13-5-3-4-11(16-13)12-8-20-14(15)17-12/h3-5,8-10H,6-7H2,1-2H3,(H2,15,17)/t9-,10+. The van der Waals surface area contributed by atoms with Crippen molar-refractivity contribution >= 4 is 22.3 Å². The van der Waals surface area contributed by atoms with Crippen LogP contribution in [0.25, 0.3) is 11.4 Å². The molecule has 1 fully saturated rings. The van der Waals surface area contributed by atoms with Gasteiger partial charge >= 0.3 is 0 Å². The van der Waals surface area contributed by atoms with Gasteiger partial charge in [-0.2, -0.15) is 0 Å². The topological polar surface area (TPSA) is 64.3 Å². The van der Waals surface area contributed by atoms with Crippen molar-refractivity contribution in [3.63, 3.8) is 0 Å². The Kier molecular flexibility index (Phi) is 3.58. The van der Waals surface area contributed by atoms with E-state index >= 15 is 0 Å². The van der Waals surface area contributed by atoms with Gasteiger partial charge in [0.15, 0.2) is 5.13 Å². The van der Waals surface area contributed by atoms with Crippen molar-refractivity contribution in [1.29, 1.82) is 0 Å². The molecule has 106 valence electrons. The number of nitrogens with two attached hydrogens (primary N) is 1. The van der Waals surface area contributed by atoms with Crippen molar-refractivity contribution in [2.24, 2.45) is 0 Å². The summed E-state index contributed by atoms with van der Waals surface area (Å²) in [5.41, 5.74) is 7.39. The predicted molar refractivity (Wildman–Crippen MR) is 82.0 cm³/mol. The third-order valence-electron chi connectivity index (χ3n) is 3.26. The summed E-state index contributed by atoms with van der Waals surface area (Å²) in [6.45, 7) is 5.90. The highest BCUT2D eigenvalue weighted by atomic mass is 32.1. The molecule has 2 N–H and O–H groups in total. The first-order chi connectivity index (χ1) is 9.61. The number of pyridine rings is 1. The average Bonchev–Trinajstić information content (AvgIpc) is 2.85. The first-order valence-corrected chi connectivity index (χ1v) is 7.58. The molecular weight excluding hydrogens is 272 g/mol. The molecule has 0 saturated carbocycles. The van der Waals surface area contributed by atoms with Crippen LogP contribution in [0.1, 0.15) is 13.8 Å². The number of hydrogen-bond acceptors (Lipinski definition) is 6. The van der Waals surface area contributed by atoms with Gasteiger partial charge < -0.3 is 15.4 Å². The molecule has 1 saturated heterocycles. The van der Waals surface area contributed by atoms with Gasteiger partial charge in [-0.05, 0) is 26.0 Å². The molecule has 5 nitrogen and oxygen atoms in total. The Morgan fingerprint density at radius 1 is 1.20 bits per heavy atom. The quantitative estimate of drug-likeness (QED) is 0.920. The Morgan fingerprint density at radius 3 is 2.60 bits per heavy atom. The number of rotatable bonds is 2. The van der Waals surface area contributed by atoms with Gasteiger partial charge in [0.1, 0.15) is 11.5 Å². The minimum absolute atomic E-state index is 0.221. The molecule has 20 heavy (non-hydrogen) atoms. The van der Waals surface area contributed by atoms with Crippen LogP contribution in [-0.2, 0) is 4.74 Å². The van der Waals surface area contributed by atoms with E-state index in [-0.39, 0.29) is 12.2 Å². The number of thiazole rings is 1. The lowest BCUT2D eigenvalue weighted by Crippen LogP contribution is -2.45. The fraction of sp³-hybridized carbons (Fsp3) is 0.429. The molecular formula is C14H18N4OS. The van der Waals surface area contributed by atoms with E-state index < -0.39 is 0 Å². The second-order valence-electron chi connectivity index (χ2n) is 5.11. The van der Waals surface area contributed by atoms with Crippen LogP contribution in [0.3, 0.4) is 0 Å². The lowest BCUT2D eigenvalue weighted by atomic mass is 10.2. The molecule has 1 aliphatic rings. The number of nitrogen functional groups attached to an aromatic ring is 1. The van der Waals surface area contributed by atoms with E-state index in [1.807, 2.05) is 23.6 Å².